The Kier molecular flexibility index (Phi) is 5.28. The van der Waals surface area contributed by atoms with Gasteiger partial charge in [-0.05, 0) is 35.1 Å². The van der Waals surface area contributed by atoms with E-state index in [1.165, 1.54) is 12.1 Å². The molecule has 2 aromatic rings. The van der Waals surface area contributed by atoms with Gasteiger partial charge in [-0.15, -0.1) is 0 Å². The lowest BCUT2D eigenvalue weighted by atomic mass is 9.85. The molecular weight excluding hydrogens is 308 g/mol. The van der Waals surface area contributed by atoms with E-state index in [2.05, 4.69) is 0 Å². The van der Waals surface area contributed by atoms with E-state index in [0.29, 0.717) is 12.8 Å². The van der Waals surface area contributed by atoms with Gasteiger partial charge in [-0.2, -0.15) is 0 Å². The average Bonchev–Trinajstić information content (AvgIpc) is 2.59. The largest absolute Gasteiger partial charge is 0.269 e. The van der Waals surface area contributed by atoms with Gasteiger partial charge in [0.2, 0.25) is 0 Å². The number of hydrogen-bond acceptors (Lipinski definition) is 4. The molecule has 6 nitrogen and oxygen atoms in total. The van der Waals surface area contributed by atoms with Crippen LogP contribution in [0.2, 0.25) is 0 Å². The Morgan fingerprint density at radius 1 is 0.833 bits per heavy atom. The standard InChI is InChI=1S/C18H20N2O4/c1-4-13-10-15(19(21)22)6-8-17(13)12(3)18-9-7-16(20(23)24)11-14(18)5-2/h6-12H,4-5H2,1-3H3. The van der Waals surface area contributed by atoms with Crippen molar-refractivity contribution in [1.29, 1.82) is 0 Å². The van der Waals surface area contributed by atoms with Crippen LogP contribution in [-0.4, -0.2) is 9.85 Å². The molecule has 0 saturated carbocycles. The van der Waals surface area contributed by atoms with Crippen molar-refractivity contribution in [2.24, 2.45) is 0 Å². The molecule has 0 aliphatic rings. The molecule has 0 fully saturated rings. The van der Waals surface area contributed by atoms with Crippen molar-refractivity contribution in [3.05, 3.63) is 78.9 Å². The first-order valence-electron chi connectivity index (χ1n) is 7.93. The maximum atomic E-state index is 11.0. The third kappa shape index (κ3) is 3.42. The third-order valence-electron chi connectivity index (χ3n) is 4.37. The van der Waals surface area contributed by atoms with E-state index in [1.807, 2.05) is 20.8 Å². The Hall–Kier alpha value is -2.76. The number of nitro groups is 2. The lowest BCUT2D eigenvalue weighted by Gasteiger charge is -2.19. The van der Waals surface area contributed by atoms with E-state index in [-0.39, 0.29) is 17.3 Å². The molecule has 0 spiro atoms. The van der Waals surface area contributed by atoms with E-state index in [1.54, 1.807) is 24.3 Å². The van der Waals surface area contributed by atoms with Crippen molar-refractivity contribution >= 4 is 11.4 Å². The minimum atomic E-state index is -0.392. The number of hydrogen-bond donors (Lipinski definition) is 0. The number of non-ortho nitro benzene ring substituents is 2. The van der Waals surface area contributed by atoms with Crippen molar-refractivity contribution in [3.63, 3.8) is 0 Å². The van der Waals surface area contributed by atoms with E-state index in [0.717, 1.165) is 22.3 Å². The quantitative estimate of drug-likeness (QED) is 0.564. The molecule has 0 saturated heterocycles. The summed E-state index contributed by atoms with van der Waals surface area (Å²) in [6.45, 7) is 5.96. The Labute approximate surface area is 140 Å². The molecule has 0 aliphatic heterocycles. The maximum Gasteiger partial charge on any atom is 0.269 e. The first-order valence-corrected chi connectivity index (χ1v) is 7.93. The summed E-state index contributed by atoms with van der Waals surface area (Å²) in [7, 11) is 0. The SMILES string of the molecule is CCc1cc([N+](=O)[O-])ccc1C(C)c1ccc([N+](=O)[O-])cc1CC. The second kappa shape index (κ2) is 7.21. The fourth-order valence-electron chi connectivity index (χ4n) is 3.04. The first kappa shape index (κ1) is 17.6. The highest BCUT2D eigenvalue weighted by atomic mass is 16.6. The van der Waals surface area contributed by atoms with Crippen LogP contribution in [0, 0.1) is 20.2 Å². The molecule has 24 heavy (non-hydrogen) atoms. The van der Waals surface area contributed by atoms with Gasteiger partial charge in [0.1, 0.15) is 0 Å². The van der Waals surface area contributed by atoms with Crippen molar-refractivity contribution in [2.75, 3.05) is 0 Å². The van der Waals surface area contributed by atoms with E-state index in [4.69, 9.17) is 0 Å². The number of benzene rings is 2. The smallest absolute Gasteiger partial charge is 0.258 e. The van der Waals surface area contributed by atoms with Crippen LogP contribution in [0.5, 0.6) is 0 Å². The van der Waals surface area contributed by atoms with Crippen LogP contribution in [0.4, 0.5) is 11.4 Å². The zero-order chi connectivity index (χ0) is 17.9. The van der Waals surface area contributed by atoms with E-state index in [9.17, 15) is 20.2 Å². The van der Waals surface area contributed by atoms with Gasteiger partial charge in [0.25, 0.3) is 11.4 Å². The van der Waals surface area contributed by atoms with Crippen LogP contribution in [0.25, 0.3) is 0 Å². The number of rotatable bonds is 6. The third-order valence-corrected chi connectivity index (χ3v) is 4.37. The maximum absolute atomic E-state index is 11.0. The highest BCUT2D eigenvalue weighted by Gasteiger charge is 2.19. The van der Waals surface area contributed by atoms with Crippen molar-refractivity contribution in [2.45, 2.75) is 39.5 Å². The van der Waals surface area contributed by atoms with E-state index < -0.39 is 9.85 Å². The molecule has 2 rings (SSSR count). The summed E-state index contributed by atoms with van der Waals surface area (Å²) < 4.78 is 0. The molecule has 0 amide bonds. The Morgan fingerprint density at radius 2 is 1.21 bits per heavy atom. The van der Waals surface area contributed by atoms with Crippen molar-refractivity contribution in [3.8, 4) is 0 Å². The fourth-order valence-corrected chi connectivity index (χ4v) is 3.04. The average molecular weight is 328 g/mol. The minimum Gasteiger partial charge on any atom is -0.258 e. The van der Waals surface area contributed by atoms with Crippen LogP contribution >= 0.6 is 0 Å². The summed E-state index contributed by atoms with van der Waals surface area (Å²) in [5.74, 6) is 0.0107. The zero-order valence-corrected chi connectivity index (χ0v) is 14.0. The molecule has 6 heteroatoms. The Morgan fingerprint density at radius 3 is 1.50 bits per heavy atom. The monoisotopic (exact) mass is 328 g/mol. The molecule has 0 atom stereocenters. The van der Waals surface area contributed by atoms with Gasteiger partial charge in [-0.1, -0.05) is 32.9 Å². The molecule has 0 heterocycles. The van der Waals surface area contributed by atoms with Crippen LogP contribution in [0.3, 0.4) is 0 Å². The topological polar surface area (TPSA) is 86.3 Å². The van der Waals surface area contributed by atoms with Crippen molar-refractivity contribution < 1.29 is 9.85 Å². The molecule has 0 bridgehead atoms. The van der Waals surface area contributed by atoms with Crippen molar-refractivity contribution in [1.82, 2.24) is 0 Å². The predicted molar refractivity (Wildman–Crippen MR) is 92.5 cm³/mol. The second-order valence-electron chi connectivity index (χ2n) is 5.71. The molecule has 126 valence electrons. The molecule has 0 aliphatic carbocycles. The van der Waals surface area contributed by atoms with Gasteiger partial charge < -0.3 is 0 Å². The summed E-state index contributed by atoms with van der Waals surface area (Å²) in [6.07, 6.45) is 1.38. The number of nitro benzene ring substituents is 2. The van der Waals surface area contributed by atoms with E-state index >= 15 is 0 Å². The molecule has 0 N–H and O–H groups in total. The first-order chi connectivity index (χ1) is 11.4. The number of aryl methyl sites for hydroxylation is 2. The highest BCUT2D eigenvalue weighted by Crippen LogP contribution is 2.33. The summed E-state index contributed by atoms with van der Waals surface area (Å²) in [4.78, 5) is 21.1. The summed E-state index contributed by atoms with van der Waals surface area (Å²) in [5, 5.41) is 21.9. The Bertz CT molecular complexity index is 721. The van der Waals surface area contributed by atoms with Crippen LogP contribution in [0.1, 0.15) is 48.9 Å². The molecule has 0 aromatic heterocycles. The lowest BCUT2D eigenvalue weighted by molar-refractivity contribution is -0.385. The lowest BCUT2D eigenvalue weighted by Crippen LogP contribution is -2.05. The second-order valence-corrected chi connectivity index (χ2v) is 5.71. The van der Waals surface area contributed by atoms with Gasteiger partial charge in [-0.25, -0.2) is 0 Å². The fraction of sp³-hybridized carbons (Fsp3) is 0.333. The van der Waals surface area contributed by atoms with Gasteiger partial charge in [0.05, 0.1) is 9.85 Å². The summed E-state index contributed by atoms with van der Waals surface area (Å²) in [6, 6.07) is 9.85. The highest BCUT2D eigenvalue weighted by molar-refractivity contribution is 5.48. The van der Waals surface area contributed by atoms with Gasteiger partial charge in [-0.3, -0.25) is 20.2 Å². The number of nitrogens with zero attached hydrogens (tertiary/aromatic N) is 2. The normalized spacial score (nSPS) is 10.8. The predicted octanol–water partition coefficient (Wildman–Crippen LogP) is 4.78. The zero-order valence-electron chi connectivity index (χ0n) is 14.0. The molecular formula is C18H20N2O4. The van der Waals surface area contributed by atoms with Crippen LogP contribution in [-0.2, 0) is 12.8 Å². The van der Waals surface area contributed by atoms with Crippen LogP contribution in [0.15, 0.2) is 36.4 Å². The van der Waals surface area contributed by atoms with Gasteiger partial charge in [0.15, 0.2) is 0 Å². The van der Waals surface area contributed by atoms with Gasteiger partial charge in [0, 0.05) is 30.2 Å². The molecule has 2 aromatic carbocycles. The Balaban J connectivity index is 2.50. The minimum absolute atomic E-state index is 0.0107. The van der Waals surface area contributed by atoms with Gasteiger partial charge >= 0.3 is 0 Å². The summed E-state index contributed by atoms with van der Waals surface area (Å²) in [5.41, 5.74) is 4.07. The molecule has 0 radical (unpaired) electrons. The summed E-state index contributed by atoms with van der Waals surface area (Å²) >= 11 is 0. The van der Waals surface area contributed by atoms with Crippen LogP contribution < -0.4 is 0 Å². The molecule has 0 unspecified atom stereocenters.